The summed E-state index contributed by atoms with van der Waals surface area (Å²) in [4.78, 5) is 65.6. The number of carbonyl (C=O) groups excluding carboxylic acids is 2. The number of nitrogens with zero attached hydrogens (tertiary/aromatic N) is 3. The maximum atomic E-state index is 14.0. The largest absolute Gasteiger partial charge is 0.489 e. The number of thioether (sulfide) groups is 1. The summed E-state index contributed by atoms with van der Waals surface area (Å²) in [7, 11) is 0. The van der Waals surface area contributed by atoms with Crippen LogP contribution in [0.4, 0.5) is 17.1 Å². The highest BCUT2D eigenvalue weighted by Gasteiger charge is 2.57. The van der Waals surface area contributed by atoms with Gasteiger partial charge >= 0.3 is 4.87 Å². The van der Waals surface area contributed by atoms with E-state index in [9.17, 15) is 34.6 Å². The zero-order chi connectivity index (χ0) is 28.8. The number of ether oxygens (including phenoxy) is 1. The Bertz CT molecular complexity index is 1770. The Morgan fingerprint density at radius 3 is 2.24 bits per heavy atom. The maximum absolute atomic E-state index is 14.0. The molecule has 2 amide bonds. The zero-order valence-electron chi connectivity index (χ0n) is 20.8. The highest BCUT2D eigenvalue weighted by atomic mass is 32.2. The average molecular weight is 591 g/mol. The second-order valence-electron chi connectivity index (χ2n) is 9.29. The number of anilines is 1. The van der Waals surface area contributed by atoms with Crippen LogP contribution in [0.15, 0.2) is 82.6 Å². The first kappa shape index (κ1) is 26.4. The van der Waals surface area contributed by atoms with Crippen LogP contribution in [-0.4, -0.2) is 31.9 Å². The Hall–Kier alpha value is -4.82. The number of hydrogen-bond acceptors (Lipinski definition) is 10. The van der Waals surface area contributed by atoms with Crippen LogP contribution in [0.25, 0.3) is 0 Å². The number of non-ortho nitro benzene ring substituents is 2. The van der Waals surface area contributed by atoms with Crippen LogP contribution in [0.1, 0.15) is 21.9 Å². The lowest BCUT2D eigenvalue weighted by molar-refractivity contribution is -0.385. The number of H-pyrrole nitrogens is 1. The van der Waals surface area contributed by atoms with Crippen LogP contribution >= 0.6 is 23.1 Å². The number of benzene rings is 3. The van der Waals surface area contributed by atoms with E-state index in [1.807, 2.05) is 30.3 Å². The molecular weight excluding hydrogens is 572 g/mol. The number of rotatable bonds is 7. The lowest BCUT2D eigenvalue weighted by Gasteiger charge is -2.30. The quantitative estimate of drug-likeness (QED) is 0.183. The first-order chi connectivity index (χ1) is 19.7. The molecule has 12 nitrogen and oxygen atoms in total. The van der Waals surface area contributed by atoms with Crippen LogP contribution in [0, 0.1) is 26.1 Å². The van der Waals surface area contributed by atoms with Crippen molar-refractivity contribution in [2.75, 3.05) is 4.90 Å². The summed E-state index contributed by atoms with van der Waals surface area (Å²) in [5.74, 6) is -2.80. The SMILES string of the molecule is O=C1C2Sc3[nH]c(=O)sc3C(c3cc([N+](=O)[O-])ccc3OCc3ccccc3)C2C(=O)N1c1ccc([N+](=O)[O-])cc1. The average Bonchev–Trinajstić information content (AvgIpc) is 3.46. The van der Waals surface area contributed by atoms with Crippen molar-refractivity contribution in [2.24, 2.45) is 5.92 Å². The minimum absolute atomic E-state index is 0.138. The van der Waals surface area contributed by atoms with Gasteiger partial charge in [-0.15, -0.1) is 0 Å². The van der Waals surface area contributed by atoms with E-state index < -0.39 is 43.6 Å². The van der Waals surface area contributed by atoms with Gasteiger partial charge in [-0.3, -0.25) is 34.6 Å². The highest BCUT2D eigenvalue weighted by molar-refractivity contribution is 8.00. The number of hydrogen-bond donors (Lipinski definition) is 1. The van der Waals surface area contributed by atoms with Gasteiger partial charge in [0.2, 0.25) is 11.8 Å². The molecular formula is C27H18N4O8S2. The van der Waals surface area contributed by atoms with E-state index >= 15 is 0 Å². The lowest BCUT2D eigenvalue weighted by atomic mass is 9.82. The number of nitro benzene ring substituents is 2. The summed E-state index contributed by atoms with van der Waals surface area (Å²) in [5.41, 5.74) is 0.867. The van der Waals surface area contributed by atoms with Gasteiger partial charge in [-0.05, 0) is 23.8 Å². The standard InChI is InChI=1S/C27H18N4O8S2/c32-25-21-20(18-12-17(31(37)38)10-11-19(18)39-13-14-4-2-1-3-5-14)22-24(28-27(34)41-22)40-23(21)26(33)29(25)15-6-8-16(9-7-15)30(35)36/h1-12,20-21,23H,13H2,(H,28,34). The second-order valence-corrected chi connectivity index (χ2v) is 11.5. The van der Waals surface area contributed by atoms with E-state index in [-0.39, 0.29) is 29.4 Å². The van der Waals surface area contributed by atoms with Gasteiger partial charge in [-0.1, -0.05) is 53.4 Å². The summed E-state index contributed by atoms with van der Waals surface area (Å²) in [5, 5.41) is 22.3. The molecule has 2 aliphatic rings. The van der Waals surface area contributed by atoms with Gasteiger partial charge in [-0.2, -0.15) is 0 Å². The smallest absolute Gasteiger partial charge is 0.305 e. The van der Waals surface area contributed by atoms with E-state index in [2.05, 4.69) is 4.98 Å². The van der Waals surface area contributed by atoms with Gasteiger partial charge in [0.25, 0.3) is 11.4 Å². The summed E-state index contributed by atoms with van der Waals surface area (Å²) in [6, 6.07) is 18.4. The van der Waals surface area contributed by atoms with Gasteiger partial charge < -0.3 is 9.72 Å². The van der Waals surface area contributed by atoms with Crippen molar-refractivity contribution in [1.29, 1.82) is 0 Å². The van der Waals surface area contributed by atoms with E-state index in [0.29, 0.717) is 15.5 Å². The van der Waals surface area contributed by atoms with Gasteiger partial charge in [0.1, 0.15) is 17.6 Å². The molecule has 1 aromatic heterocycles. The van der Waals surface area contributed by atoms with Gasteiger partial charge in [0, 0.05) is 40.6 Å². The van der Waals surface area contributed by atoms with Crippen molar-refractivity contribution < 1.29 is 24.2 Å². The third-order valence-corrected chi connectivity index (χ3v) is 9.32. The molecule has 0 aliphatic carbocycles. The predicted octanol–water partition coefficient (Wildman–Crippen LogP) is 4.63. The van der Waals surface area contributed by atoms with E-state index in [4.69, 9.17) is 4.74 Å². The first-order valence-corrected chi connectivity index (χ1v) is 13.9. The molecule has 2 aliphatic heterocycles. The number of imide groups is 1. The molecule has 3 unspecified atom stereocenters. The molecule has 1 N–H and O–H groups in total. The summed E-state index contributed by atoms with van der Waals surface area (Å²) in [6.07, 6.45) is 0. The van der Waals surface area contributed by atoms with Gasteiger partial charge in [0.05, 0.1) is 26.5 Å². The van der Waals surface area contributed by atoms with Gasteiger partial charge in [-0.25, -0.2) is 4.90 Å². The van der Waals surface area contributed by atoms with Crippen molar-refractivity contribution in [3.63, 3.8) is 0 Å². The minimum Gasteiger partial charge on any atom is -0.489 e. The fourth-order valence-corrected chi connectivity index (χ4v) is 7.60. The first-order valence-electron chi connectivity index (χ1n) is 12.2. The summed E-state index contributed by atoms with van der Waals surface area (Å²) >= 11 is 1.92. The molecule has 41 heavy (non-hydrogen) atoms. The molecule has 3 heterocycles. The van der Waals surface area contributed by atoms with Crippen LogP contribution in [-0.2, 0) is 16.2 Å². The number of fused-ring (bicyclic) bond motifs is 2. The summed E-state index contributed by atoms with van der Waals surface area (Å²) in [6.45, 7) is 0.138. The Morgan fingerprint density at radius 1 is 0.878 bits per heavy atom. The molecule has 1 fully saturated rings. The Kier molecular flexibility index (Phi) is 6.63. The van der Waals surface area contributed by atoms with Crippen molar-refractivity contribution in [1.82, 2.24) is 4.98 Å². The maximum Gasteiger partial charge on any atom is 0.305 e. The van der Waals surface area contributed by atoms with Crippen molar-refractivity contribution in [3.05, 3.63) is 119 Å². The van der Waals surface area contributed by atoms with E-state index in [1.165, 1.54) is 42.5 Å². The monoisotopic (exact) mass is 590 g/mol. The lowest BCUT2D eigenvalue weighted by Crippen LogP contribution is -2.32. The zero-order valence-corrected chi connectivity index (χ0v) is 22.4. The number of nitrogens with one attached hydrogen (secondary N) is 1. The predicted molar refractivity (Wildman–Crippen MR) is 149 cm³/mol. The Balaban J connectivity index is 1.47. The number of amides is 2. The molecule has 14 heteroatoms. The molecule has 0 radical (unpaired) electrons. The number of carbonyl (C=O) groups is 2. The van der Waals surface area contributed by atoms with Crippen molar-refractivity contribution in [3.8, 4) is 5.75 Å². The number of nitro groups is 2. The van der Waals surface area contributed by atoms with Crippen molar-refractivity contribution in [2.45, 2.75) is 22.8 Å². The highest BCUT2D eigenvalue weighted by Crippen LogP contribution is 2.55. The van der Waals surface area contributed by atoms with E-state index in [1.54, 1.807) is 0 Å². The minimum atomic E-state index is -1.03. The number of aromatic amines is 1. The number of thiazole rings is 1. The van der Waals surface area contributed by atoms with Crippen LogP contribution in [0.5, 0.6) is 5.75 Å². The fraction of sp³-hybridized carbons (Fsp3) is 0.148. The molecule has 3 aromatic carbocycles. The van der Waals surface area contributed by atoms with Crippen LogP contribution in [0.2, 0.25) is 0 Å². The Morgan fingerprint density at radius 2 is 1.56 bits per heavy atom. The van der Waals surface area contributed by atoms with Crippen molar-refractivity contribution >= 4 is 52.0 Å². The molecule has 206 valence electrons. The third-order valence-electron chi connectivity index (χ3n) is 6.92. The molecule has 0 bridgehead atoms. The fourth-order valence-electron chi connectivity index (χ4n) is 5.09. The topological polar surface area (TPSA) is 166 Å². The van der Waals surface area contributed by atoms with Crippen LogP contribution < -0.4 is 14.5 Å². The van der Waals surface area contributed by atoms with Crippen LogP contribution in [0.3, 0.4) is 0 Å². The molecule has 3 atom stereocenters. The second kappa shape index (κ2) is 10.3. The molecule has 4 aromatic rings. The Labute approximate surface area is 238 Å². The summed E-state index contributed by atoms with van der Waals surface area (Å²) < 4.78 is 6.10. The van der Waals surface area contributed by atoms with Gasteiger partial charge in [0.15, 0.2) is 0 Å². The molecule has 6 rings (SSSR count). The third kappa shape index (κ3) is 4.66. The molecule has 1 saturated heterocycles. The normalized spacial score (nSPS) is 19.5. The van der Waals surface area contributed by atoms with E-state index in [0.717, 1.165) is 33.6 Å². The molecule has 0 saturated carbocycles. The molecule has 0 spiro atoms. The number of aromatic nitrogens is 1.